The van der Waals surface area contributed by atoms with Crippen molar-refractivity contribution < 1.29 is 4.39 Å². The molecule has 4 heteroatoms. The van der Waals surface area contributed by atoms with Gasteiger partial charge in [0.25, 0.3) is 0 Å². The number of hydrogen-bond donors (Lipinski definition) is 0. The molecule has 0 aromatic heterocycles. The van der Waals surface area contributed by atoms with Gasteiger partial charge in [0, 0.05) is 39.3 Å². The van der Waals surface area contributed by atoms with Crippen molar-refractivity contribution in [1.82, 2.24) is 9.80 Å². The minimum atomic E-state index is -0.349. The van der Waals surface area contributed by atoms with Crippen molar-refractivity contribution >= 4 is 11.6 Å². The van der Waals surface area contributed by atoms with Crippen molar-refractivity contribution in [3.8, 4) is 0 Å². The molecule has 2 aromatic rings. The third-order valence-corrected chi connectivity index (χ3v) is 4.63. The Balaban J connectivity index is 1.51. The number of rotatable bonds is 4. The van der Waals surface area contributed by atoms with Gasteiger partial charge in [-0.1, -0.05) is 47.5 Å². The smallest absolute Gasteiger partial charge is 0.141 e. The highest BCUT2D eigenvalue weighted by Gasteiger charge is 2.17. The Kier molecular flexibility index (Phi) is 5.31. The van der Waals surface area contributed by atoms with Crippen molar-refractivity contribution in [1.29, 1.82) is 0 Å². The zero-order valence-electron chi connectivity index (χ0n) is 13.4. The van der Waals surface area contributed by atoms with E-state index in [-0.39, 0.29) is 10.8 Å². The quantitative estimate of drug-likeness (QED) is 0.831. The Morgan fingerprint density at radius 2 is 1.52 bits per heavy atom. The molecule has 0 atom stereocenters. The van der Waals surface area contributed by atoms with Gasteiger partial charge in [-0.25, -0.2) is 4.39 Å². The molecular formula is C19H22ClFN2. The van der Waals surface area contributed by atoms with E-state index in [0.717, 1.165) is 44.8 Å². The topological polar surface area (TPSA) is 6.48 Å². The van der Waals surface area contributed by atoms with E-state index in [9.17, 15) is 4.39 Å². The molecule has 0 unspecified atom stereocenters. The molecule has 0 radical (unpaired) electrons. The van der Waals surface area contributed by atoms with Crippen LogP contribution in [-0.2, 0) is 13.1 Å². The van der Waals surface area contributed by atoms with E-state index >= 15 is 0 Å². The maximum atomic E-state index is 13.2. The lowest BCUT2D eigenvalue weighted by molar-refractivity contribution is 0.122. The van der Waals surface area contributed by atoms with Crippen LogP contribution in [0.3, 0.4) is 0 Å². The molecule has 1 fully saturated rings. The number of aryl methyl sites for hydroxylation is 1. The van der Waals surface area contributed by atoms with Gasteiger partial charge in [0.15, 0.2) is 0 Å². The van der Waals surface area contributed by atoms with E-state index in [1.807, 2.05) is 6.07 Å². The SMILES string of the molecule is Cc1cccc(CN2CCN(Cc3ccc(F)c(Cl)c3)CC2)c1. The lowest BCUT2D eigenvalue weighted by Gasteiger charge is -2.34. The lowest BCUT2D eigenvalue weighted by atomic mass is 10.1. The van der Waals surface area contributed by atoms with Gasteiger partial charge >= 0.3 is 0 Å². The van der Waals surface area contributed by atoms with Crippen molar-refractivity contribution in [2.45, 2.75) is 20.0 Å². The molecule has 0 amide bonds. The summed E-state index contributed by atoms with van der Waals surface area (Å²) in [5.41, 5.74) is 3.77. The van der Waals surface area contributed by atoms with Crippen LogP contribution in [0.4, 0.5) is 4.39 Å². The highest BCUT2D eigenvalue weighted by Crippen LogP contribution is 2.18. The second-order valence-corrected chi connectivity index (χ2v) is 6.70. The van der Waals surface area contributed by atoms with Gasteiger partial charge < -0.3 is 0 Å². The summed E-state index contributed by atoms with van der Waals surface area (Å²) < 4.78 is 13.2. The van der Waals surface area contributed by atoms with E-state index in [4.69, 9.17) is 11.6 Å². The molecule has 1 aliphatic rings. The fraction of sp³-hybridized carbons (Fsp3) is 0.368. The van der Waals surface area contributed by atoms with Crippen LogP contribution >= 0.6 is 11.6 Å². The Morgan fingerprint density at radius 1 is 0.913 bits per heavy atom. The molecule has 122 valence electrons. The zero-order valence-corrected chi connectivity index (χ0v) is 14.2. The summed E-state index contributed by atoms with van der Waals surface area (Å²) in [5, 5.41) is 0.209. The van der Waals surface area contributed by atoms with E-state index in [2.05, 4.69) is 41.0 Å². The van der Waals surface area contributed by atoms with Crippen molar-refractivity contribution in [3.63, 3.8) is 0 Å². The Morgan fingerprint density at radius 3 is 2.09 bits per heavy atom. The average Bonchev–Trinajstić information content (AvgIpc) is 2.53. The molecule has 1 saturated heterocycles. The van der Waals surface area contributed by atoms with Crippen LogP contribution in [0.15, 0.2) is 42.5 Å². The van der Waals surface area contributed by atoms with Gasteiger partial charge in [-0.2, -0.15) is 0 Å². The summed E-state index contributed by atoms with van der Waals surface area (Å²) >= 11 is 5.86. The highest BCUT2D eigenvalue weighted by molar-refractivity contribution is 6.30. The van der Waals surface area contributed by atoms with Crippen LogP contribution in [0, 0.1) is 12.7 Å². The molecule has 0 N–H and O–H groups in total. The summed E-state index contributed by atoms with van der Waals surface area (Å²) in [4.78, 5) is 4.89. The first-order chi connectivity index (χ1) is 11.1. The summed E-state index contributed by atoms with van der Waals surface area (Å²) in [6.45, 7) is 8.15. The van der Waals surface area contributed by atoms with Gasteiger partial charge in [0.2, 0.25) is 0 Å². The van der Waals surface area contributed by atoms with Crippen molar-refractivity contribution in [2.75, 3.05) is 26.2 Å². The van der Waals surface area contributed by atoms with Gasteiger partial charge in [0.05, 0.1) is 5.02 Å². The summed E-state index contributed by atoms with van der Waals surface area (Å²) in [5.74, 6) is -0.349. The van der Waals surface area contributed by atoms with Gasteiger partial charge in [0.1, 0.15) is 5.82 Å². The van der Waals surface area contributed by atoms with Crippen LogP contribution < -0.4 is 0 Å². The fourth-order valence-corrected chi connectivity index (χ4v) is 3.27. The van der Waals surface area contributed by atoms with Crippen LogP contribution in [0.25, 0.3) is 0 Å². The molecule has 3 rings (SSSR count). The second-order valence-electron chi connectivity index (χ2n) is 6.29. The molecule has 0 saturated carbocycles. The standard InChI is InChI=1S/C19H22ClFN2/c1-15-3-2-4-16(11-15)13-22-7-9-23(10-8-22)14-17-5-6-19(21)18(20)12-17/h2-6,11-12H,7-10,13-14H2,1H3. The van der Waals surface area contributed by atoms with E-state index in [0.29, 0.717) is 0 Å². The summed E-state index contributed by atoms with van der Waals surface area (Å²) in [7, 11) is 0. The lowest BCUT2D eigenvalue weighted by Crippen LogP contribution is -2.45. The zero-order chi connectivity index (χ0) is 16.2. The Labute approximate surface area is 142 Å². The molecule has 0 spiro atoms. The van der Waals surface area contributed by atoms with Gasteiger partial charge in [-0.15, -0.1) is 0 Å². The molecular weight excluding hydrogens is 311 g/mol. The number of nitrogens with zero attached hydrogens (tertiary/aromatic N) is 2. The maximum Gasteiger partial charge on any atom is 0.141 e. The number of benzene rings is 2. The van der Waals surface area contributed by atoms with Crippen molar-refractivity contribution in [3.05, 3.63) is 70.0 Å². The number of piperazine rings is 1. The number of hydrogen-bond acceptors (Lipinski definition) is 2. The van der Waals surface area contributed by atoms with E-state index in [1.165, 1.54) is 17.2 Å². The van der Waals surface area contributed by atoms with E-state index < -0.39 is 0 Å². The summed E-state index contributed by atoms with van der Waals surface area (Å²) in [6.07, 6.45) is 0. The molecule has 2 nitrogen and oxygen atoms in total. The first kappa shape index (κ1) is 16.4. The molecule has 0 aliphatic carbocycles. The minimum absolute atomic E-state index is 0.209. The number of halogens is 2. The fourth-order valence-electron chi connectivity index (χ4n) is 3.07. The van der Waals surface area contributed by atoms with Crippen molar-refractivity contribution in [2.24, 2.45) is 0 Å². The highest BCUT2D eigenvalue weighted by atomic mass is 35.5. The second kappa shape index (κ2) is 7.43. The van der Waals surface area contributed by atoms with Crippen LogP contribution in [0.2, 0.25) is 5.02 Å². The first-order valence-corrected chi connectivity index (χ1v) is 8.42. The van der Waals surface area contributed by atoms with Crippen LogP contribution in [-0.4, -0.2) is 36.0 Å². The third-order valence-electron chi connectivity index (χ3n) is 4.34. The average molecular weight is 333 g/mol. The van der Waals surface area contributed by atoms with E-state index in [1.54, 1.807) is 6.07 Å². The molecule has 23 heavy (non-hydrogen) atoms. The molecule has 1 aliphatic heterocycles. The van der Waals surface area contributed by atoms with Crippen LogP contribution in [0.5, 0.6) is 0 Å². The monoisotopic (exact) mass is 332 g/mol. The molecule has 2 aromatic carbocycles. The predicted octanol–water partition coefficient (Wildman–Crippen LogP) is 4.11. The van der Waals surface area contributed by atoms with Crippen LogP contribution in [0.1, 0.15) is 16.7 Å². The molecule has 1 heterocycles. The Hall–Kier alpha value is -1.42. The maximum absolute atomic E-state index is 13.2. The normalized spacial score (nSPS) is 16.7. The first-order valence-electron chi connectivity index (χ1n) is 8.04. The predicted molar refractivity (Wildman–Crippen MR) is 93.1 cm³/mol. The van der Waals surface area contributed by atoms with Gasteiger partial charge in [-0.05, 0) is 30.2 Å². The Bertz CT molecular complexity index is 666. The third kappa shape index (κ3) is 4.54. The minimum Gasteiger partial charge on any atom is -0.297 e. The molecule has 0 bridgehead atoms. The van der Waals surface area contributed by atoms with Gasteiger partial charge in [-0.3, -0.25) is 9.80 Å². The largest absolute Gasteiger partial charge is 0.297 e. The summed E-state index contributed by atoms with van der Waals surface area (Å²) in [6, 6.07) is 13.7.